The molecule has 0 spiro atoms. The number of nitrogens with zero attached hydrogens (tertiary/aromatic N) is 6. The summed E-state index contributed by atoms with van der Waals surface area (Å²) in [6.45, 7) is 0. The average molecular weight is 479 g/mol. The number of nitrogens with one attached hydrogen (secondary N) is 1. The van der Waals surface area contributed by atoms with E-state index in [1.54, 1.807) is 6.07 Å². The van der Waals surface area contributed by atoms with Crippen molar-refractivity contribution in [2.75, 3.05) is 5.32 Å². The van der Waals surface area contributed by atoms with E-state index in [2.05, 4.69) is 25.4 Å². The van der Waals surface area contributed by atoms with Crippen molar-refractivity contribution in [2.24, 2.45) is 0 Å². The molecule has 13 heteroatoms. The molecule has 0 radical (unpaired) electrons. The Morgan fingerprint density at radius 1 is 1.09 bits per heavy atom. The van der Waals surface area contributed by atoms with Crippen LogP contribution in [0.15, 0.2) is 60.9 Å². The van der Waals surface area contributed by atoms with Gasteiger partial charge in [-0.2, -0.15) is 9.49 Å². The Hall–Kier alpha value is -4.65. The quantitative estimate of drug-likeness (QED) is 0.225. The molecule has 5 aromatic rings. The summed E-state index contributed by atoms with van der Waals surface area (Å²) in [4.78, 5) is 35.7. The van der Waals surface area contributed by atoms with Gasteiger partial charge in [-0.1, -0.05) is 17.4 Å². The smallest absolute Gasteiger partial charge is 0.305 e. The molecule has 1 N–H and O–H groups in total. The number of pyridine rings is 1. The molecule has 0 saturated heterocycles. The van der Waals surface area contributed by atoms with Gasteiger partial charge >= 0.3 is 5.00 Å². The van der Waals surface area contributed by atoms with Crippen molar-refractivity contribution in [1.82, 2.24) is 24.7 Å². The van der Waals surface area contributed by atoms with Crippen LogP contribution < -0.4 is 5.32 Å². The van der Waals surface area contributed by atoms with Crippen LogP contribution in [0.2, 0.25) is 0 Å². The first-order valence-electron chi connectivity index (χ1n) is 9.58. The Balaban J connectivity index is 1.64. The third-order valence-electron chi connectivity index (χ3n) is 4.69. The van der Waals surface area contributed by atoms with Gasteiger partial charge in [-0.15, -0.1) is 0 Å². The number of carbonyl (C=O) groups excluding carboxylic acids is 1. The maximum atomic E-state index is 13.8. The van der Waals surface area contributed by atoms with Crippen LogP contribution in [0.25, 0.3) is 28.1 Å². The largest absolute Gasteiger partial charge is 0.324 e. The number of halogens is 2. The molecule has 34 heavy (non-hydrogen) atoms. The Bertz CT molecular complexity index is 1570. The zero-order valence-corrected chi connectivity index (χ0v) is 17.7. The number of carbonyl (C=O) groups is 1. The zero-order valence-electron chi connectivity index (χ0n) is 16.8. The molecule has 4 heterocycles. The van der Waals surface area contributed by atoms with Gasteiger partial charge < -0.3 is 5.32 Å². The van der Waals surface area contributed by atoms with Crippen molar-refractivity contribution in [1.29, 1.82) is 0 Å². The average Bonchev–Trinajstić information content (AvgIpc) is 3.48. The Morgan fingerprint density at radius 3 is 2.65 bits per heavy atom. The lowest BCUT2D eigenvalue weighted by Gasteiger charge is -2.09. The molecular formula is C21H11F2N7O3S. The maximum Gasteiger partial charge on any atom is 0.324 e. The summed E-state index contributed by atoms with van der Waals surface area (Å²) in [6.07, 6.45) is 2.63. The predicted molar refractivity (Wildman–Crippen MR) is 119 cm³/mol. The summed E-state index contributed by atoms with van der Waals surface area (Å²) >= 11 is 0.711. The van der Waals surface area contributed by atoms with Crippen molar-refractivity contribution < 1.29 is 18.5 Å². The summed E-state index contributed by atoms with van der Waals surface area (Å²) in [5.41, 5.74) is 0.980. The van der Waals surface area contributed by atoms with E-state index in [1.165, 1.54) is 53.5 Å². The predicted octanol–water partition coefficient (Wildman–Crippen LogP) is 4.38. The van der Waals surface area contributed by atoms with Crippen LogP contribution >= 0.6 is 11.3 Å². The fourth-order valence-electron chi connectivity index (χ4n) is 3.15. The van der Waals surface area contributed by atoms with Crippen LogP contribution in [-0.2, 0) is 0 Å². The van der Waals surface area contributed by atoms with Crippen molar-refractivity contribution >= 4 is 39.1 Å². The van der Waals surface area contributed by atoms with Crippen LogP contribution in [0.3, 0.4) is 0 Å². The standard InChI is InChI=1S/C21H11F2N7O3S/c22-12-2-1-3-13(8-12)29-20-14(10-25-29)19(26-18(27-20)11-4-6-16(23)24-9-11)28-21(31)15-5-7-17(34-15)30(32)33/h1-10H,(H,26,27,28,31). The van der Waals surface area contributed by atoms with Crippen LogP contribution in [0.1, 0.15) is 9.67 Å². The van der Waals surface area contributed by atoms with Crippen LogP contribution in [0, 0.1) is 21.9 Å². The second kappa shape index (κ2) is 8.37. The SMILES string of the molecule is O=C(Nc1nc(-c2ccc(F)nc2)nc2c1cnn2-c1cccc(F)c1)c1ccc([N+](=O)[O-])s1. The molecule has 0 bridgehead atoms. The van der Waals surface area contributed by atoms with E-state index in [4.69, 9.17) is 0 Å². The third-order valence-corrected chi connectivity index (χ3v) is 5.73. The van der Waals surface area contributed by atoms with Gasteiger partial charge in [0.25, 0.3) is 5.91 Å². The van der Waals surface area contributed by atoms with Crippen molar-refractivity contribution in [2.45, 2.75) is 0 Å². The molecule has 0 fully saturated rings. The van der Waals surface area contributed by atoms with E-state index in [9.17, 15) is 23.7 Å². The number of hydrogen-bond donors (Lipinski definition) is 1. The van der Waals surface area contributed by atoms with Gasteiger partial charge in [-0.25, -0.2) is 24.0 Å². The number of fused-ring (bicyclic) bond motifs is 1. The molecule has 168 valence electrons. The second-order valence-corrected chi connectivity index (χ2v) is 7.95. The van der Waals surface area contributed by atoms with Gasteiger partial charge in [0.1, 0.15) is 11.6 Å². The van der Waals surface area contributed by atoms with Crippen molar-refractivity contribution in [3.8, 4) is 17.1 Å². The molecule has 0 saturated carbocycles. The Morgan fingerprint density at radius 2 is 1.94 bits per heavy atom. The summed E-state index contributed by atoms with van der Waals surface area (Å²) in [6, 6.07) is 10.8. The molecule has 0 aliphatic heterocycles. The molecule has 0 aliphatic rings. The Kier molecular flexibility index (Phi) is 5.22. The highest BCUT2D eigenvalue weighted by molar-refractivity contribution is 7.17. The highest BCUT2D eigenvalue weighted by atomic mass is 32.1. The lowest BCUT2D eigenvalue weighted by atomic mass is 10.2. The van der Waals surface area contributed by atoms with E-state index < -0.39 is 22.6 Å². The number of nitro groups is 1. The van der Waals surface area contributed by atoms with Crippen molar-refractivity contribution in [3.63, 3.8) is 0 Å². The van der Waals surface area contributed by atoms with E-state index in [0.29, 0.717) is 28.0 Å². The van der Waals surface area contributed by atoms with E-state index in [0.717, 1.165) is 6.07 Å². The lowest BCUT2D eigenvalue weighted by Crippen LogP contribution is -2.12. The summed E-state index contributed by atoms with van der Waals surface area (Å²) in [5, 5.41) is 18.0. The van der Waals surface area contributed by atoms with E-state index in [-0.39, 0.29) is 27.2 Å². The second-order valence-electron chi connectivity index (χ2n) is 6.89. The van der Waals surface area contributed by atoms with Gasteiger partial charge in [0.15, 0.2) is 11.5 Å². The molecule has 10 nitrogen and oxygen atoms in total. The van der Waals surface area contributed by atoms with E-state index >= 15 is 0 Å². The van der Waals surface area contributed by atoms with Gasteiger partial charge in [0, 0.05) is 17.8 Å². The molecule has 1 amide bonds. The fraction of sp³-hybridized carbons (Fsp3) is 0. The highest BCUT2D eigenvalue weighted by Gasteiger charge is 2.20. The minimum Gasteiger partial charge on any atom is -0.305 e. The van der Waals surface area contributed by atoms with Crippen LogP contribution in [0.5, 0.6) is 0 Å². The first kappa shape index (κ1) is 21.2. The fourth-order valence-corrected chi connectivity index (χ4v) is 3.87. The topological polar surface area (TPSA) is 129 Å². The normalized spacial score (nSPS) is 11.0. The summed E-state index contributed by atoms with van der Waals surface area (Å²) < 4.78 is 28.5. The first-order chi connectivity index (χ1) is 16.4. The number of thiophene rings is 1. The van der Waals surface area contributed by atoms with E-state index in [1.807, 2.05) is 0 Å². The number of amides is 1. The molecule has 4 aromatic heterocycles. The molecule has 0 aliphatic carbocycles. The first-order valence-corrected chi connectivity index (χ1v) is 10.4. The number of hydrogen-bond acceptors (Lipinski definition) is 8. The number of anilines is 1. The van der Waals surface area contributed by atoms with Crippen LogP contribution in [0.4, 0.5) is 19.6 Å². The minimum atomic E-state index is -0.692. The van der Waals surface area contributed by atoms with Gasteiger partial charge in [-0.3, -0.25) is 14.9 Å². The third kappa shape index (κ3) is 3.95. The van der Waals surface area contributed by atoms with Crippen molar-refractivity contribution in [3.05, 3.63) is 87.7 Å². The number of aromatic nitrogens is 5. The molecule has 1 aromatic carbocycles. The molecule has 0 atom stereocenters. The van der Waals surface area contributed by atoms with Gasteiger partial charge in [0.2, 0.25) is 5.95 Å². The summed E-state index contributed by atoms with van der Waals surface area (Å²) in [7, 11) is 0. The highest BCUT2D eigenvalue weighted by Crippen LogP contribution is 2.29. The minimum absolute atomic E-state index is 0.0630. The maximum absolute atomic E-state index is 13.8. The summed E-state index contributed by atoms with van der Waals surface area (Å²) in [5.74, 6) is -1.63. The Labute approximate surface area is 192 Å². The van der Waals surface area contributed by atoms with Gasteiger partial charge in [-0.05, 0) is 36.4 Å². The molecule has 5 rings (SSSR count). The molecule has 0 unspecified atom stereocenters. The monoisotopic (exact) mass is 479 g/mol. The molecular weight excluding hydrogens is 468 g/mol. The van der Waals surface area contributed by atoms with Gasteiger partial charge in [0.05, 0.1) is 27.1 Å². The lowest BCUT2D eigenvalue weighted by molar-refractivity contribution is -0.380. The number of rotatable bonds is 5. The zero-order chi connectivity index (χ0) is 23.8. The van der Waals surface area contributed by atoms with Crippen LogP contribution in [-0.4, -0.2) is 35.6 Å². The number of benzene rings is 1.